The molecular weight excluding hydrogens is 318 g/mol. The summed E-state index contributed by atoms with van der Waals surface area (Å²) in [7, 11) is -3.96. The van der Waals surface area contributed by atoms with E-state index in [2.05, 4.69) is 0 Å². The maximum Gasteiger partial charge on any atom is 0.318 e. The van der Waals surface area contributed by atoms with Crippen molar-refractivity contribution in [3.63, 3.8) is 0 Å². The van der Waals surface area contributed by atoms with E-state index in [1.165, 1.54) is 12.1 Å². The Morgan fingerprint density at radius 1 is 1.33 bits per heavy atom. The van der Waals surface area contributed by atoms with Gasteiger partial charge in [-0.2, -0.15) is 4.31 Å². The molecule has 1 saturated heterocycles. The van der Waals surface area contributed by atoms with Crippen LogP contribution in [0, 0.1) is 0 Å². The molecule has 1 aliphatic heterocycles. The van der Waals surface area contributed by atoms with Crippen LogP contribution < -0.4 is 0 Å². The first-order valence-electron chi connectivity index (χ1n) is 6.49. The molecule has 0 atom stereocenters. The minimum atomic E-state index is -3.96. The number of nitrogens with zero attached hydrogens (tertiary/aromatic N) is 1. The molecule has 0 radical (unpaired) electrons. The third-order valence-electron chi connectivity index (χ3n) is 3.31. The number of aliphatic carboxylic acids is 1. The number of hydrogen-bond donors (Lipinski definition) is 1. The summed E-state index contributed by atoms with van der Waals surface area (Å²) in [6.07, 6.45) is 0.938. The van der Waals surface area contributed by atoms with Gasteiger partial charge >= 0.3 is 5.97 Å². The van der Waals surface area contributed by atoms with Crippen molar-refractivity contribution in [3.05, 3.63) is 29.3 Å². The lowest BCUT2D eigenvalue weighted by Crippen LogP contribution is -2.46. The van der Waals surface area contributed by atoms with Gasteiger partial charge in [0.15, 0.2) is 0 Å². The van der Waals surface area contributed by atoms with E-state index in [0.29, 0.717) is 26.1 Å². The summed E-state index contributed by atoms with van der Waals surface area (Å²) in [5.74, 6) is -1.20. The third kappa shape index (κ3) is 3.74. The normalized spacial score (nSPS) is 17.0. The summed E-state index contributed by atoms with van der Waals surface area (Å²) in [4.78, 5) is 11.0. The average molecular weight is 334 g/mol. The Labute approximate surface area is 128 Å². The van der Waals surface area contributed by atoms with Gasteiger partial charge in [0.25, 0.3) is 0 Å². The Morgan fingerprint density at radius 3 is 2.52 bits per heavy atom. The summed E-state index contributed by atoms with van der Waals surface area (Å²) in [5, 5.41) is 9.11. The number of rotatable bonds is 5. The number of benzene rings is 1. The molecule has 2 rings (SSSR count). The first-order chi connectivity index (χ1) is 9.93. The highest BCUT2D eigenvalue weighted by atomic mass is 35.5. The average Bonchev–Trinajstić information content (AvgIpc) is 2.45. The minimum Gasteiger partial charge on any atom is -0.480 e. The minimum absolute atomic E-state index is 0.0700. The van der Waals surface area contributed by atoms with Crippen LogP contribution >= 0.6 is 11.6 Å². The lowest BCUT2D eigenvalue weighted by molar-refractivity contribution is -0.137. The number of carboxylic acid groups (broad SMARTS) is 1. The van der Waals surface area contributed by atoms with Gasteiger partial charge in [0.2, 0.25) is 10.0 Å². The highest BCUT2D eigenvalue weighted by Gasteiger charge is 2.35. The van der Waals surface area contributed by atoms with Gasteiger partial charge in [-0.1, -0.05) is 23.7 Å². The molecule has 0 spiro atoms. The maximum absolute atomic E-state index is 12.7. The fourth-order valence-electron chi connectivity index (χ4n) is 2.30. The molecule has 0 aromatic heterocycles. The van der Waals surface area contributed by atoms with E-state index >= 15 is 0 Å². The second-order valence-corrected chi connectivity index (χ2v) is 6.98. The molecule has 0 saturated carbocycles. The van der Waals surface area contributed by atoms with Gasteiger partial charge in [0.05, 0.1) is 5.02 Å². The van der Waals surface area contributed by atoms with Crippen LogP contribution in [0.3, 0.4) is 0 Å². The lowest BCUT2D eigenvalue weighted by Gasteiger charge is -2.32. The van der Waals surface area contributed by atoms with Crippen molar-refractivity contribution < 1.29 is 23.1 Å². The first-order valence-corrected chi connectivity index (χ1v) is 8.30. The Morgan fingerprint density at radius 2 is 1.95 bits per heavy atom. The number of halogens is 1. The van der Waals surface area contributed by atoms with Gasteiger partial charge in [-0.25, -0.2) is 8.42 Å². The van der Waals surface area contributed by atoms with Crippen molar-refractivity contribution in [2.45, 2.75) is 23.8 Å². The van der Waals surface area contributed by atoms with Gasteiger partial charge in [0.1, 0.15) is 11.4 Å². The number of hydrogen-bond acceptors (Lipinski definition) is 4. The summed E-state index contributed by atoms with van der Waals surface area (Å²) in [5.41, 5.74) is 0. The highest BCUT2D eigenvalue weighted by Crippen LogP contribution is 2.28. The zero-order valence-corrected chi connectivity index (χ0v) is 12.8. The second kappa shape index (κ2) is 6.74. The van der Waals surface area contributed by atoms with E-state index in [4.69, 9.17) is 21.4 Å². The van der Waals surface area contributed by atoms with E-state index in [9.17, 15) is 13.2 Å². The standard InChI is InChI=1S/C13H16ClNO5S/c14-11-3-1-2-4-12(11)21(18,19)15(9-13(16)17)10-5-7-20-8-6-10/h1-4,10H,5-9H2,(H,16,17). The van der Waals surface area contributed by atoms with Crippen LogP contribution in [-0.4, -0.2) is 49.6 Å². The van der Waals surface area contributed by atoms with Crippen LogP contribution in [0.2, 0.25) is 5.02 Å². The largest absolute Gasteiger partial charge is 0.480 e. The van der Waals surface area contributed by atoms with Crippen LogP contribution in [0.25, 0.3) is 0 Å². The third-order valence-corrected chi connectivity index (χ3v) is 5.71. The summed E-state index contributed by atoms with van der Waals surface area (Å²) >= 11 is 5.95. The quantitative estimate of drug-likeness (QED) is 0.884. The van der Waals surface area contributed by atoms with Gasteiger partial charge < -0.3 is 9.84 Å². The van der Waals surface area contributed by atoms with Crippen molar-refractivity contribution in [1.82, 2.24) is 4.31 Å². The molecular formula is C13H16ClNO5S. The number of ether oxygens (including phenoxy) is 1. The van der Waals surface area contributed by atoms with Crippen LogP contribution in [0.4, 0.5) is 0 Å². The van der Waals surface area contributed by atoms with Crippen molar-refractivity contribution in [1.29, 1.82) is 0 Å². The summed E-state index contributed by atoms with van der Waals surface area (Å²) in [6, 6.07) is 5.64. The predicted molar refractivity (Wildman–Crippen MR) is 76.8 cm³/mol. The van der Waals surface area contributed by atoms with Crippen LogP contribution in [0.5, 0.6) is 0 Å². The molecule has 0 amide bonds. The second-order valence-electron chi connectivity index (χ2n) is 4.72. The van der Waals surface area contributed by atoms with Crippen LogP contribution in [0.1, 0.15) is 12.8 Å². The van der Waals surface area contributed by atoms with E-state index in [-0.39, 0.29) is 9.92 Å². The molecule has 8 heteroatoms. The fourth-order valence-corrected chi connectivity index (χ4v) is 4.43. The zero-order chi connectivity index (χ0) is 15.5. The maximum atomic E-state index is 12.7. The molecule has 0 aliphatic carbocycles. The summed E-state index contributed by atoms with van der Waals surface area (Å²) < 4.78 is 31.7. The molecule has 1 heterocycles. The van der Waals surface area contributed by atoms with E-state index < -0.39 is 28.6 Å². The van der Waals surface area contributed by atoms with E-state index in [1.807, 2.05) is 0 Å². The van der Waals surface area contributed by atoms with E-state index in [0.717, 1.165) is 4.31 Å². The Kier molecular flexibility index (Phi) is 5.21. The lowest BCUT2D eigenvalue weighted by atomic mass is 10.1. The number of carboxylic acids is 1. The molecule has 0 unspecified atom stereocenters. The Hall–Kier alpha value is -1.15. The van der Waals surface area contributed by atoms with Crippen molar-refractivity contribution in [2.24, 2.45) is 0 Å². The molecule has 1 N–H and O–H groups in total. The first kappa shape index (κ1) is 16.2. The summed E-state index contributed by atoms with van der Waals surface area (Å²) in [6.45, 7) is 0.246. The van der Waals surface area contributed by atoms with Gasteiger partial charge in [-0.15, -0.1) is 0 Å². The number of sulfonamides is 1. The monoisotopic (exact) mass is 333 g/mol. The molecule has 0 bridgehead atoms. The topological polar surface area (TPSA) is 83.9 Å². The zero-order valence-electron chi connectivity index (χ0n) is 11.2. The van der Waals surface area contributed by atoms with Gasteiger partial charge in [-0.05, 0) is 25.0 Å². The fraction of sp³-hybridized carbons (Fsp3) is 0.462. The van der Waals surface area contributed by atoms with Gasteiger partial charge in [-0.3, -0.25) is 4.79 Å². The smallest absolute Gasteiger partial charge is 0.318 e. The van der Waals surface area contributed by atoms with Crippen LogP contribution in [0.15, 0.2) is 29.2 Å². The molecule has 1 fully saturated rings. The van der Waals surface area contributed by atoms with Gasteiger partial charge in [0, 0.05) is 19.3 Å². The van der Waals surface area contributed by atoms with E-state index in [1.54, 1.807) is 12.1 Å². The molecule has 1 aliphatic rings. The van der Waals surface area contributed by atoms with Crippen molar-refractivity contribution in [3.8, 4) is 0 Å². The molecule has 1 aromatic rings. The molecule has 1 aromatic carbocycles. The Balaban J connectivity index is 2.39. The molecule has 116 valence electrons. The Bertz CT molecular complexity index is 613. The van der Waals surface area contributed by atoms with Crippen molar-refractivity contribution >= 4 is 27.6 Å². The highest BCUT2D eigenvalue weighted by molar-refractivity contribution is 7.89. The molecule has 6 nitrogen and oxygen atoms in total. The predicted octanol–water partition coefficient (Wildman–Crippen LogP) is 1.59. The SMILES string of the molecule is O=C(O)CN(C1CCOCC1)S(=O)(=O)c1ccccc1Cl. The number of carbonyl (C=O) groups is 1. The molecule has 21 heavy (non-hydrogen) atoms. The van der Waals surface area contributed by atoms with Crippen molar-refractivity contribution in [2.75, 3.05) is 19.8 Å². The van der Waals surface area contributed by atoms with Crippen LogP contribution in [-0.2, 0) is 19.6 Å².